The lowest BCUT2D eigenvalue weighted by molar-refractivity contribution is -0.385. The Labute approximate surface area is 136 Å². The molecule has 2 aromatic carbocycles. The Bertz CT molecular complexity index is 1030. The molecule has 0 fully saturated rings. The minimum absolute atomic E-state index is 0.0701. The number of hydrogen-bond donors (Lipinski definition) is 1. The Kier molecular flexibility index (Phi) is 3.72. The fraction of sp³-hybridized carbons (Fsp3) is 0.0588. The van der Waals surface area contributed by atoms with E-state index in [1.807, 2.05) is 31.2 Å². The van der Waals surface area contributed by atoms with Crippen molar-refractivity contribution >= 4 is 28.4 Å². The number of hydrogen-bond acceptors (Lipinski definition) is 5. The number of allylic oxidation sites excluding steroid dienone is 1. The number of rotatable bonds is 3. The van der Waals surface area contributed by atoms with E-state index in [0.29, 0.717) is 11.3 Å². The normalized spacial score (nSPS) is 11.4. The van der Waals surface area contributed by atoms with E-state index in [1.54, 1.807) is 0 Å². The van der Waals surface area contributed by atoms with Crippen molar-refractivity contribution in [1.29, 1.82) is 5.26 Å². The summed E-state index contributed by atoms with van der Waals surface area (Å²) >= 11 is 0. The lowest BCUT2D eigenvalue weighted by Gasteiger charge is -2.06. The summed E-state index contributed by atoms with van der Waals surface area (Å²) in [5, 5.41) is 32.0. The van der Waals surface area contributed by atoms with Gasteiger partial charge in [0.2, 0.25) is 0 Å². The van der Waals surface area contributed by atoms with Gasteiger partial charge in [-0.1, -0.05) is 18.2 Å². The largest absolute Gasteiger partial charge is 0.872 e. The van der Waals surface area contributed by atoms with Crippen LogP contribution in [0.1, 0.15) is 17.0 Å². The summed E-state index contributed by atoms with van der Waals surface area (Å²) in [4.78, 5) is 17.8. The van der Waals surface area contributed by atoms with Crippen LogP contribution in [0.4, 0.5) is 5.69 Å². The first-order valence-corrected chi connectivity index (χ1v) is 7.02. The summed E-state index contributed by atoms with van der Waals surface area (Å²) in [6.07, 6.45) is 1.30. The summed E-state index contributed by atoms with van der Waals surface area (Å²) in [7, 11) is 0. The van der Waals surface area contributed by atoms with Crippen LogP contribution in [-0.2, 0) is 0 Å². The number of benzene rings is 2. The number of nitrogens with one attached hydrogen (secondary N) is 1. The van der Waals surface area contributed by atoms with Crippen LogP contribution in [0, 0.1) is 28.4 Å². The topological polar surface area (TPSA) is 119 Å². The summed E-state index contributed by atoms with van der Waals surface area (Å²) < 4.78 is 0. The van der Waals surface area contributed by atoms with Gasteiger partial charge in [-0.15, -0.1) is 5.75 Å². The van der Waals surface area contributed by atoms with Crippen molar-refractivity contribution in [3.05, 3.63) is 63.5 Å². The third kappa shape index (κ3) is 2.80. The third-order valence-electron chi connectivity index (χ3n) is 3.51. The average Bonchev–Trinajstić information content (AvgIpc) is 2.95. The van der Waals surface area contributed by atoms with Gasteiger partial charge in [-0.3, -0.25) is 10.1 Å². The molecular formula is C17H11N4O3-. The zero-order valence-electron chi connectivity index (χ0n) is 12.6. The number of nitro groups is 1. The van der Waals surface area contributed by atoms with Gasteiger partial charge in [0.05, 0.1) is 27.1 Å². The maximum atomic E-state index is 11.5. The second kappa shape index (κ2) is 5.85. The van der Waals surface area contributed by atoms with Crippen LogP contribution in [0.25, 0.3) is 22.7 Å². The molecule has 7 heteroatoms. The second-order valence-electron chi connectivity index (χ2n) is 5.25. The summed E-state index contributed by atoms with van der Waals surface area (Å²) in [6.45, 7) is 1.93. The van der Waals surface area contributed by atoms with E-state index < -0.39 is 4.92 Å². The van der Waals surface area contributed by atoms with Gasteiger partial charge in [-0.05, 0) is 30.7 Å². The monoisotopic (exact) mass is 319 g/mol. The number of imidazole rings is 1. The Morgan fingerprint density at radius 2 is 2.12 bits per heavy atom. The van der Waals surface area contributed by atoms with E-state index in [2.05, 4.69) is 9.97 Å². The molecule has 118 valence electrons. The first-order valence-electron chi connectivity index (χ1n) is 7.02. The quantitative estimate of drug-likeness (QED) is 0.452. The molecule has 1 aromatic heterocycles. The van der Waals surface area contributed by atoms with Gasteiger partial charge in [0.15, 0.2) is 0 Å². The molecule has 0 amide bonds. The van der Waals surface area contributed by atoms with Gasteiger partial charge >= 0.3 is 0 Å². The van der Waals surface area contributed by atoms with Crippen molar-refractivity contribution in [2.45, 2.75) is 6.92 Å². The number of nitriles is 1. The number of nitrogens with zero attached hydrogens (tertiary/aromatic N) is 3. The molecule has 0 spiro atoms. The van der Waals surface area contributed by atoms with Crippen molar-refractivity contribution < 1.29 is 10.0 Å². The highest BCUT2D eigenvalue weighted by Gasteiger charge is 2.14. The lowest BCUT2D eigenvalue weighted by atomic mass is 10.1. The number of aryl methyl sites for hydroxylation is 1. The molecule has 0 saturated carbocycles. The molecule has 0 aliphatic heterocycles. The zero-order valence-corrected chi connectivity index (χ0v) is 12.6. The zero-order chi connectivity index (χ0) is 17.3. The molecule has 24 heavy (non-hydrogen) atoms. The molecule has 0 unspecified atom stereocenters. The van der Waals surface area contributed by atoms with E-state index in [9.17, 15) is 20.5 Å². The molecule has 0 saturated heterocycles. The summed E-state index contributed by atoms with van der Waals surface area (Å²) in [5.74, 6) is -0.0759. The van der Waals surface area contributed by atoms with Crippen LogP contribution in [-0.4, -0.2) is 14.9 Å². The highest BCUT2D eigenvalue weighted by atomic mass is 16.6. The Balaban J connectivity index is 2.14. The molecule has 0 bridgehead atoms. The molecule has 3 rings (SSSR count). The van der Waals surface area contributed by atoms with Crippen LogP contribution < -0.4 is 5.11 Å². The first-order chi connectivity index (χ1) is 11.5. The standard InChI is InChI=1S/C17H12N4O3/c1-10-2-4-14-15(6-10)20-17(19-14)12(9-18)7-11-8-13(22)3-5-16(11)21(23)24/h2-8,22H,1H3,(H,19,20)/p-1/b12-7-. The Hall–Kier alpha value is -3.66. The van der Waals surface area contributed by atoms with Crippen LogP contribution in [0.3, 0.4) is 0 Å². The van der Waals surface area contributed by atoms with E-state index >= 15 is 0 Å². The van der Waals surface area contributed by atoms with Crippen molar-refractivity contribution in [2.75, 3.05) is 0 Å². The highest BCUT2D eigenvalue weighted by molar-refractivity contribution is 5.91. The van der Waals surface area contributed by atoms with Gasteiger partial charge in [0.1, 0.15) is 11.9 Å². The van der Waals surface area contributed by atoms with Crippen molar-refractivity contribution in [3.63, 3.8) is 0 Å². The predicted octanol–water partition coefficient (Wildman–Crippen LogP) is 2.92. The fourth-order valence-corrected chi connectivity index (χ4v) is 2.37. The lowest BCUT2D eigenvalue weighted by Crippen LogP contribution is -1.96. The molecular weight excluding hydrogens is 308 g/mol. The van der Waals surface area contributed by atoms with E-state index in [4.69, 9.17) is 0 Å². The first kappa shape index (κ1) is 15.2. The van der Waals surface area contributed by atoms with E-state index in [-0.39, 0.29) is 22.6 Å². The van der Waals surface area contributed by atoms with Gasteiger partial charge in [-0.25, -0.2) is 4.98 Å². The van der Waals surface area contributed by atoms with E-state index in [0.717, 1.165) is 29.3 Å². The third-order valence-corrected chi connectivity index (χ3v) is 3.51. The van der Waals surface area contributed by atoms with Crippen LogP contribution in [0.2, 0.25) is 0 Å². The molecule has 0 aliphatic rings. The molecule has 1 heterocycles. The average molecular weight is 319 g/mol. The smallest absolute Gasteiger partial charge is 0.276 e. The van der Waals surface area contributed by atoms with E-state index in [1.165, 1.54) is 6.08 Å². The minimum Gasteiger partial charge on any atom is -0.872 e. The molecule has 7 nitrogen and oxygen atoms in total. The summed E-state index contributed by atoms with van der Waals surface area (Å²) in [5.41, 5.74) is 2.42. The number of fused-ring (bicyclic) bond motifs is 1. The van der Waals surface area contributed by atoms with Gasteiger partial charge < -0.3 is 10.1 Å². The SMILES string of the molecule is Cc1ccc2nc(/C(C#N)=C\c3cc([O-])ccc3[N+](=O)[O-])[nH]c2c1. The maximum Gasteiger partial charge on any atom is 0.276 e. The molecule has 0 radical (unpaired) electrons. The Morgan fingerprint density at radius 3 is 2.83 bits per heavy atom. The Morgan fingerprint density at radius 1 is 1.33 bits per heavy atom. The minimum atomic E-state index is -0.595. The maximum absolute atomic E-state index is 11.5. The predicted molar refractivity (Wildman–Crippen MR) is 86.9 cm³/mol. The van der Waals surface area contributed by atoms with Gasteiger partial charge in [0, 0.05) is 6.07 Å². The fourth-order valence-electron chi connectivity index (χ4n) is 2.37. The van der Waals surface area contributed by atoms with Crippen LogP contribution in [0.15, 0.2) is 36.4 Å². The highest BCUT2D eigenvalue weighted by Crippen LogP contribution is 2.27. The molecule has 0 atom stereocenters. The molecule has 3 aromatic rings. The number of nitro benzene ring substituents is 1. The van der Waals surface area contributed by atoms with Crippen molar-refractivity contribution in [3.8, 4) is 11.8 Å². The van der Waals surface area contributed by atoms with Crippen molar-refractivity contribution in [2.24, 2.45) is 0 Å². The number of H-pyrrole nitrogens is 1. The summed E-state index contributed by atoms with van der Waals surface area (Å²) in [6, 6.07) is 11.0. The van der Waals surface area contributed by atoms with Crippen LogP contribution in [0.5, 0.6) is 5.75 Å². The number of aromatic amines is 1. The molecule has 0 aliphatic carbocycles. The van der Waals surface area contributed by atoms with Crippen LogP contribution >= 0.6 is 0 Å². The second-order valence-corrected chi connectivity index (χ2v) is 5.25. The van der Waals surface area contributed by atoms with Gasteiger partial charge in [0.25, 0.3) is 5.69 Å². The van der Waals surface area contributed by atoms with Gasteiger partial charge in [-0.2, -0.15) is 5.26 Å². The number of aromatic nitrogens is 2. The molecule has 1 N–H and O–H groups in total. The van der Waals surface area contributed by atoms with Crippen molar-refractivity contribution in [1.82, 2.24) is 9.97 Å².